The lowest BCUT2D eigenvalue weighted by Crippen LogP contribution is -2.26. The maximum atomic E-state index is 12.9. The molecule has 2 heterocycles. The zero-order valence-corrected chi connectivity index (χ0v) is 19.9. The molecule has 7 heteroatoms. The lowest BCUT2D eigenvalue weighted by atomic mass is 10.1. The van der Waals surface area contributed by atoms with Gasteiger partial charge in [0.25, 0.3) is 0 Å². The molecule has 0 aliphatic carbocycles. The highest BCUT2D eigenvalue weighted by Gasteiger charge is 2.35. The van der Waals surface area contributed by atoms with Crippen LogP contribution in [0.3, 0.4) is 0 Å². The number of methoxy groups -OCH3 is 1. The Labute approximate surface area is 204 Å². The second-order valence-corrected chi connectivity index (χ2v) is 8.95. The van der Waals surface area contributed by atoms with Crippen LogP contribution in [0.25, 0.3) is 11.0 Å². The Morgan fingerprint density at radius 1 is 1.06 bits per heavy atom. The maximum Gasteiger partial charge on any atom is 0.227 e. The number of hydrogen-bond donors (Lipinski definition) is 1. The van der Waals surface area contributed by atoms with Crippen LogP contribution < -0.4 is 14.4 Å². The first-order chi connectivity index (χ1) is 17.0. The summed E-state index contributed by atoms with van der Waals surface area (Å²) in [6.07, 6.45) is -0.368. The van der Waals surface area contributed by atoms with Gasteiger partial charge in [-0.15, -0.1) is 0 Å². The van der Waals surface area contributed by atoms with E-state index in [2.05, 4.69) is 0 Å². The van der Waals surface area contributed by atoms with E-state index in [9.17, 15) is 9.90 Å². The Bertz CT molecular complexity index is 1330. The van der Waals surface area contributed by atoms with E-state index in [0.29, 0.717) is 19.5 Å². The lowest BCUT2D eigenvalue weighted by molar-refractivity contribution is -0.117. The summed E-state index contributed by atoms with van der Waals surface area (Å²) >= 11 is 0. The Morgan fingerprint density at radius 3 is 2.63 bits per heavy atom. The van der Waals surface area contributed by atoms with Crippen LogP contribution in [0.5, 0.6) is 11.5 Å². The number of imidazole rings is 1. The number of ether oxygens (including phenoxy) is 2. The van der Waals surface area contributed by atoms with Crippen molar-refractivity contribution in [1.29, 1.82) is 0 Å². The van der Waals surface area contributed by atoms with E-state index in [1.807, 2.05) is 84.3 Å². The number of aliphatic hydroxyl groups is 1. The Kier molecular flexibility index (Phi) is 6.42. The van der Waals surface area contributed by atoms with E-state index >= 15 is 0 Å². The van der Waals surface area contributed by atoms with Crippen molar-refractivity contribution in [2.75, 3.05) is 25.2 Å². The molecule has 2 atom stereocenters. The number of carbonyl (C=O) groups excluding carboxylic acids is 1. The zero-order valence-electron chi connectivity index (χ0n) is 19.9. The van der Waals surface area contributed by atoms with Crippen LogP contribution in [0.2, 0.25) is 0 Å². The van der Waals surface area contributed by atoms with E-state index in [-0.39, 0.29) is 18.4 Å². The van der Waals surface area contributed by atoms with Crippen molar-refractivity contribution in [1.82, 2.24) is 9.55 Å². The second kappa shape index (κ2) is 9.80. The van der Waals surface area contributed by atoms with E-state index in [1.54, 1.807) is 12.0 Å². The number of benzene rings is 3. The van der Waals surface area contributed by atoms with Crippen LogP contribution in [0.15, 0.2) is 72.8 Å². The molecule has 4 aromatic rings. The number of nitrogens with zero attached hydrogens (tertiary/aromatic N) is 3. The van der Waals surface area contributed by atoms with Crippen LogP contribution in [-0.4, -0.2) is 46.9 Å². The monoisotopic (exact) mass is 471 g/mol. The molecule has 1 fully saturated rings. The van der Waals surface area contributed by atoms with Crippen LogP contribution in [0.4, 0.5) is 5.69 Å². The minimum Gasteiger partial charge on any atom is -0.497 e. The SMILES string of the molecule is COc1ccc(N2CC(c3nc4ccccc4n3CC(O)COc3cccc(C)c3)CC2=O)cc1. The Morgan fingerprint density at radius 2 is 1.86 bits per heavy atom. The van der Waals surface area contributed by atoms with Crippen LogP contribution in [0, 0.1) is 6.92 Å². The highest BCUT2D eigenvalue weighted by atomic mass is 16.5. The molecule has 1 aliphatic rings. The number of aromatic nitrogens is 2. The molecule has 35 heavy (non-hydrogen) atoms. The third kappa shape index (κ3) is 4.86. The molecule has 7 nitrogen and oxygen atoms in total. The molecule has 1 aromatic heterocycles. The molecular weight excluding hydrogens is 442 g/mol. The molecular formula is C28H29N3O4. The summed E-state index contributed by atoms with van der Waals surface area (Å²) in [7, 11) is 1.62. The summed E-state index contributed by atoms with van der Waals surface area (Å²) in [5.74, 6) is 2.27. The van der Waals surface area contributed by atoms with Crippen LogP contribution >= 0.6 is 0 Å². The van der Waals surface area contributed by atoms with Gasteiger partial charge in [-0.2, -0.15) is 0 Å². The molecule has 5 rings (SSSR count). The molecule has 3 aromatic carbocycles. The van der Waals surface area contributed by atoms with E-state index in [0.717, 1.165) is 39.6 Å². The molecule has 1 aliphatic heterocycles. The maximum absolute atomic E-state index is 12.9. The molecule has 0 bridgehead atoms. The molecule has 180 valence electrons. The van der Waals surface area contributed by atoms with Crippen LogP contribution in [0.1, 0.15) is 23.7 Å². The first-order valence-electron chi connectivity index (χ1n) is 11.8. The van der Waals surface area contributed by atoms with Crippen molar-refractivity contribution in [3.8, 4) is 11.5 Å². The van der Waals surface area contributed by atoms with Gasteiger partial charge in [0.1, 0.15) is 30.0 Å². The third-order valence-corrected chi connectivity index (χ3v) is 6.38. The van der Waals surface area contributed by atoms with E-state index in [1.165, 1.54) is 0 Å². The zero-order chi connectivity index (χ0) is 24.4. The summed E-state index contributed by atoms with van der Waals surface area (Å²) in [5, 5.41) is 10.8. The number of fused-ring (bicyclic) bond motifs is 1. The number of rotatable bonds is 8. The highest BCUT2D eigenvalue weighted by Crippen LogP contribution is 2.34. The van der Waals surface area contributed by atoms with Gasteiger partial charge >= 0.3 is 0 Å². The number of anilines is 1. The number of aliphatic hydroxyl groups excluding tert-OH is 1. The van der Waals surface area contributed by atoms with Gasteiger partial charge in [-0.1, -0.05) is 24.3 Å². The largest absolute Gasteiger partial charge is 0.497 e. The summed E-state index contributed by atoms with van der Waals surface area (Å²) in [4.78, 5) is 19.6. The second-order valence-electron chi connectivity index (χ2n) is 8.95. The average Bonchev–Trinajstić information content (AvgIpc) is 3.43. The van der Waals surface area contributed by atoms with Crippen molar-refractivity contribution in [3.05, 3.63) is 84.2 Å². The summed E-state index contributed by atoms with van der Waals surface area (Å²) in [6, 6.07) is 23.1. The molecule has 0 radical (unpaired) electrons. The molecule has 1 N–H and O–H groups in total. The summed E-state index contributed by atoms with van der Waals surface area (Å²) in [5.41, 5.74) is 3.73. The summed E-state index contributed by atoms with van der Waals surface area (Å²) in [6.45, 7) is 3.03. The molecule has 2 unspecified atom stereocenters. The van der Waals surface area contributed by atoms with Gasteiger partial charge in [-0.05, 0) is 61.0 Å². The Hall–Kier alpha value is -3.84. The quantitative estimate of drug-likeness (QED) is 0.414. The van der Waals surface area contributed by atoms with Crippen molar-refractivity contribution in [2.24, 2.45) is 0 Å². The van der Waals surface area contributed by atoms with Crippen molar-refractivity contribution >= 4 is 22.6 Å². The molecule has 0 spiro atoms. The first-order valence-corrected chi connectivity index (χ1v) is 11.8. The van der Waals surface area contributed by atoms with Crippen LogP contribution in [-0.2, 0) is 11.3 Å². The minimum absolute atomic E-state index is 0.0575. The molecule has 1 amide bonds. The number of para-hydroxylation sites is 2. The first kappa shape index (κ1) is 22.9. The van der Waals surface area contributed by atoms with Crippen molar-refractivity contribution in [2.45, 2.75) is 31.9 Å². The average molecular weight is 472 g/mol. The predicted octanol–water partition coefficient (Wildman–Crippen LogP) is 4.31. The third-order valence-electron chi connectivity index (χ3n) is 6.38. The van der Waals surface area contributed by atoms with Gasteiger partial charge in [0, 0.05) is 24.6 Å². The fraction of sp³-hybridized carbons (Fsp3) is 0.286. The van der Waals surface area contributed by atoms with E-state index < -0.39 is 6.10 Å². The predicted molar refractivity (Wildman–Crippen MR) is 135 cm³/mol. The van der Waals surface area contributed by atoms with Gasteiger partial charge in [0.05, 0.1) is 24.7 Å². The normalized spacial score (nSPS) is 16.6. The fourth-order valence-electron chi connectivity index (χ4n) is 4.65. The van der Waals surface area contributed by atoms with Gasteiger partial charge in [0.15, 0.2) is 0 Å². The topological polar surface area (TPSA) is 76.8 Å². The number of hydrogen-bond acceptors (Lipinski definition) is 5. The minimum atomic E-state index is -0.735. The van der Waals surface area contributed by atoms with E-state index in [4.69, 9.17) is 14.5 Å². The number of carbonyl (C=O) groups is 1. The molecule has 1 saturated heterocycles. The summed E-state index contributed by atoms with van der Waals surface area (Å²) < 4.78 is 13.1. The van der Waals surface area contributed by atoms with Gasteiger partial charge in [-0.3, -0.25) is 4.79 Å². The fourth-order valence-corrected chi connectivity index (χ4v) is 4.65. The standard InChI is InChI=1S/C28H29N3O4/c1-19-6-5-7-24(14-19)35-18-22(32)17-31-26-9-4-3-8-25(26)29-28(31)20-15-27(33)30(16-20)21-10-12-23(34-2)13-11-21/h3-14,20,22,32H,15-18H2,1-2H3. The smallest absolute Gasteiger partial charge is 0.227 e. The van der Waals surface area contributed by atoms with Crippen molar-refractivity contribution < 1.29 is 19.4 Å². The highest BCUT2D eigenvalue weighted by molar-refractivity contribution is 5.96. The lowest BCUT2D eigenvalue weighted by Gasteiger charge is -2.19. The number of aryl methyl sites for hydroxylation is 1. The van der Waals surface area contributed by atoms with Crippen molar-refractivity contribution in [3.63, 3.8) is 0 Å². The van der Waals surface area contributed by atoms with Gasteiger partial charge in [-0.25, -0.2) is 4.98 Å². The van der Waals surface area contributed by atoms with Gasteiger partial charge in [0.2, 0.25) is 5.91 Å². The molecule has 0 saturated carbocycles. The van der Waals surface area contributed by atoms with Gasteiger partial charge < -0.3 is 24.0 Å². The Balaban J connectivity index is 1.37. The number of amides is 1.